The van der Waals surface area contributed by atoms with Crippen molar-refractivity contribution in [2.24, 2.45) is 11.8 Å². The normalized spacial score (nSPS) is 21.4. The molecule has 3 saturated heterocycles. The van der Waals surface area contributed by atoms with Crippen molar-refractivity contribution in [3.63, 3.8) is 0 Å². The summed E-state index contributed by atoms with van der Waals surface area (Å²) in [5.74, 6) is 0.341. The molecule has 2 atom stereocenters. The zero-order valence-electron chi connectivity index (χ0n) is 26.6. The first-order chi connectivity index (χ1) is 22.0. The molecule has 0 saturated carbocycles. The van der Waals surface area contributed by atoms with Crippen LogP contribution in [0.25, 0.3) is 0 Å². The Morgan fingerprint density at radius 1 is 0.913 bits per heavy atom. The number of carbonyl (C=O) groups excluding carboxylic acids is 2. The summed E-state index contributed by atoms with van der Waals surface area (Å²) >= 11 is 0. The van der Waals surface area contributed by atoms with Crippen LogP contribution >= 0.6 is 0 Å². The SMILES string of the molecule is CNS(=O)(=O)c1cccc(C(=O)N2CCC(CCN3CC4CN(C(=O)c5c(C)ncnc5C)CC4C3)(c3cccc(F)c3)CC2)c1. The van der Waals surface area contributed by atoms with Gasteiger partial charge in [0.1, 0.15) is 12.1 Å². The summed E-state index contributed by atoms with van der Waals surface area (Å²) in [6, 6.07) is 12.9. The van der Waals surface area contributed by atoms with Gasteiger partial charge < -0.3 is 14.7 Å². The van der Waals surface area contributed by atoms with E-state index in [-0.39, 0.29) is 27.9 Å². The lowest BCUT2D eigenvalue weighted by molar-refractivity contribution is 0.0649. The Labute approximate surface area is 270 Å². The van der Waals surface area contributed by atoms with Crippen molar-refractivity contribution in [2.75, 3.05) is 52.9 Å². The van der Waals surface area contributed by atoms with E-state index in [1.165, 1.54) is 31.6 Å². The molecule has 3 aromatic rings. The predicted octanol–water partition coefficient (Wildman–Crippen LogP) is 3.41. The van der Waals surface area contributed by atoms with Gasteiger partial charge in [-0.15, -0.1) is 0 Å². The number of nitrogens with zero attached hydrogens (tertiary/aromatic N) is 5. The lowest BCUT2D eigenvalue weighted by Gasteiger charge is -2.43. The van der Waals surface area contributed by atoms with E-state index in [2.05, 4.69) is 19.6 Å². The van der Waals surface area contributed by atoms with Crippen molar-refractivity contribution in [3.05, 3.63) is 88.8 Å². The number of hydrogen-bond acceptors (Lipinski definition) is 7. The summed E-state index contributed by atoms with van der Waals surface area (Å²) < 4.78 is 41.4. The Bertz CT molecular complexity index is 1710. The fraction of sp³-hybridized carbons (Fsp3) is 0.471. The monoisotopic (exact) mass is 648 g/mol. The van der Waals surface area contributed by atoms with Gasteiger partial charge in [0.15, 0.2) is 0 Å². The number of likely N-dealkylation sites (tertiary alicyclic amines) is 3. The third-order valence-corrected chi connectivity index (χ3v) is 11.7. The van der Waals surface area contributed by atoms with Crippen LogP contribution in [0.3, 0.4) is 0 Å². The highest BCUT2D eigenvalue weighted by Gasteiger charge is 2.44. The number of piperidine rings is 1. The van der Waals surface area contributed by atoms with Crippen LogP contribution < -0.4 is 4.72 Å². The molecule has 4 heterocycles. The Balaban J connectivity index is 1.11. The van der Waals surface area contributed by atoms with E-state index in [1.807, 2.05) is 24.8 Å². The van der Waals surface area contributed by atoms with Crippen molar-refractivity contribution >= 4 is 21.8 Å². The van der Waals surface area contributed by atoms with Gasteiger partial charge in [-0.3, -0.25) is 9.59 Å². The summed E-state index contributed by atoms with van der Waals surface area (Å²) in [5.41, 5.74) is 3.02. The van der Waals surface area contributed by atoms with E-state index in [0.29, 0.717) is 60.3 Å². The summed E-state index contributed by atoms with van der Waals surface area (Å²) in [7, 11) is -2.33. The number of rotatable bonds is 8. The maximum Gasteiger partial charge on any atom is 0.257 e. The second kappa shape index (κ2) is 12.8. The average molecular weight is 649 g/mol. The number of fused-ring (bicyclic) bond motifs is 1. The van der Waals surface area contributed by atoms with Gasteiger partial charge in [0, 0.05) is 44.8 Å². The molecule has 2 amide bonds. The molecule has 3 aliphatic heterocycles. The Morgan fingerprint density at radius 3 is 2.20 bits per heavy atom. The smallest absolute Gasteiger partial charge is 0.257 e. The molecular weight excluding hydrogens is 607 g/mol. The van der Waals surface area contributed by atoms with Gasteiger partial charge in [-0.05, 0) is 99.8 Å². The van der Waals surface area contributed by atoms with Gasteiger partial charge in [0.05, 0.1) is 21.8 Å². The molecule has 244 valence electrons. The fourth-order valence-corrected chi connectivity index (χ4v) is 8.38. The number of aromatic nitrogens is 2. The van der Waals surface area contributed by atoms with Crippen LogP contribution in [0, 0.1) is 31.5 Å². The lowest BCUT2D eigenvalue weighted by Crippen LogP contribution is -2.46. The second-order valence-electron chi connectivity index (χ2n) is 13.0. The number of hydrogen-bond donors (Lipinski definition) is 1. The number of carbonyl (C=O) groups is 2. The molecule has 2 unspecified atom stereocenters. The number of sulfonamides is 1. The highest BCUT2D eigenvalue weighted by Crippen LogP contribution is 2.41. The first kappa shape index (κ1) is 32.2. The Kier molecular flexibility index (Phi) is 8.97. The number of halogens is 1. The largest absolute Gasteiger partial charge is 0.339 e. The lowest BCUT2D eigenvalue weighted by atomic mass is 9.70. The number of amides is 2. The van der Waals surface area contributed by atoms with E-state index < -0.39 is 10.0 Å². The molecule has 2 aromatic carbocycles. The van der Waals surface area contributed by atoms with Gasteiger partial charge >= 0.3 is 0 Å². The number of aryl methyl sites for hydroxylation is 2. The topological polar surface area (TPSA) is 116 Å². The molecule has 3 fully saturated rings. The number of nitrogens with one attached hydrogen (secondary N) is 1. The Hall–Kier alpha value is -3.74. The van der Waals surface area contributed by atoms with Crippen LogP contribution in [-0.2, 0) is 15.4 Å². The van der Waals surface area contributed by atoms with Crippen LogP contribution in [-0.4, -0.2) is 97.8 Å². The van der Waals surface area contributed by atoms with E-state index in [4.69, 9.17) is 0 Å². The minimum absolute atomic E-state index is 0.0123. The van der Waals surface area contributed by atoms with Gasteiger partial charge in [0.25, 0.3) is 11.8 Å². The van der Waals surface area contributed by atoms with Gasteiger partial charge in [0.2, 0.25) is 10.0 Å². The second-order valence-corrected chi connectivity index (χ2v) is 14.9. The van der Waals surface area contributed by atoms with Gasteiger partial charge in [-0.25, -0.2) is 27.5 Å². The third kappa shape index (κ3) is 6.30. The molecule has 46 heavy (non-hydrogen) atoms. The van der Waals surface area contributed by atoms with Crippen molar-refractivity contribution in [2.45, 2.75) is 43.4 Å². The minimum atomic E-state index is -3.67. The molecule has 0 spiro atoms. The van der Waals surface area contributed by atoms with Crippen LogP contribution in [0.1, 0.15) is 56.9 Å². The van der Waals surface area contributed by atoms with Crippen LogP contribution in [0.4, 0.5) is 4.39 Å². The molecule has 12 heteroatoms. The quantitative estimate of drug-likeness (QED) is 0.398. The molecule has 0 aliphatic carbocycles. The molecule has 10 nitrogen and oxygen atoms in total. The van der Waals surface area contributed by atoms with Crippen LogP contribution in [0.15, 0.2) is 59.8 Å². The molecule has 0 radical (unpaired) electrons. The van der Waals surface area contributed by atoms with Gasteiger partial charge in [-0.1, -0.05) is 18.2 Å². The maximum absolute atomic E-state index is 14.5. The average Bonchev–Trinajstić information content (AvgIpc) is 3.63. The van der Waals surface area contributed by atoms with E-state index in [0.717, 1.165) is 44.7 Å². The van der Waals surface area contributed by atoms with Crippen molar-refractivity contribution in [1.82, 2.24) is 29.4 Å². The van der Waals surface area contributed by atoms with E-state index in [9.17, 15) is 22.4 Å². The summed E-state index contributed by atoms with van der Waals surface area (Å²) in [6.45, 7) is 8.79. The van der Waals surface area contributed by atoms with Crippen LogP contribution in [0.2, 0.25) is 0 Å². The Morgan fingerprint density at radius 2 is 1.57 bits per heavy atom. The van der Waals surface area contributed by atoms with E-state index in [1.54, 1.807) is 29.2 Å². The first-order valence-electron chi connectivity index (χ1n) is 15.9. The van der Waals surface area contributed by atoms with Crippen molar-refractivity contribution < 1.29 is 22.4 Å². The molecular formula is C34H41FN6O4S. The number of benzene rings is 2. The van der Waals surface area contributed by atoms with Crippen LogP contribution in [0.5, 0.6) is 0 Å². The molecule has 1 aromatic heterocycles. The summed E-state index contributed by atoms with van der Waals surface area (Å²) in [6.07, 6.45) is 3.68. The highest BCUT2D eigenvalue weighted by molar-refractivity contribution is 7.89. The standard InChI is InChI=1S/C34H41FN6O4S/c1-23-31(24(2)38-22-37-23)33(43)41-20-26-18-39(19-27(26)21-41)13-10-34(28-7-5-8-29(35)17-28)11-14-40(15-12-34)32(42)25-6-4-9-30(16-25)46(44,45)36-3/h4-9,16-17,22,26-27,36H,10-15,18-21H2,1-3H3. The molecule has 6 rings (SSSR count). The maximum atomic E-state index is 14.5. The highest BCUT2D eigenvalue weighted by atomic mass is 32.2. The summed E-state index contributed by atoms with van der Waals surface area (Å²) in [4.78, 5) is 41.5. The predicted molar refractivity (Wildman–Crippen MR) is 171 cm³/mol. The third-order valence-electron chi connectivity index (χ3n) is 10.3. The van der Waals surface area contributed by atoms with Crippen molar-refractivity contribution in [3.8, 4) is 0 Å². The zero-order chi connectivity index (χ0) is 32.6. The first-order valence-corrected chi connectivity index (χ1v) is 17.4. The fourth-order valence-electron chi connectivity index (χ4n) is 7.61. The zero-order valence-corrected chi connectivity index (χ0v) is 27.4. The van der Waals surface area contributed by atoms with Crippen molar-refractivity contribution in [1.29, 1.82) is 0 Å². The minimum Gasteiger partial charge on any atom is -0.339 e. The molecule has 1 N–H and O–H groups in total. The van der Waals surface area contributed by atoms with E-state index >= 15 is 0 Å². The van der Waals surface area contributed by atoms with Gasteiger partial charge in [-0.2, -0.15) is 0 Å². The molecule has 0 bridgehead atoms. The summed E-state index contributed by atoms with van der Waals surface area (Å²) in [5, 5.41) is 0. The molecule has 3 aliphatic rings.